The number of benzene rings is 1. The summed E-state index contributed by atoms with van der Waals surface area (Å²) < 4.78 is 10.1. The van der Waals surface area contributed by atoms with Gasteiger partial charge in [-0.2, -0.15) is 0 Å². The van der Waals surface area contributed by atoms with Crippen LogP contribution in [0.1, 0.15) is 17.8 Å². The summed E-state index contributed by atoms with van der Waals surface area (Å²) in [5.41, 5.74) is 1.88. The molecule has 1 aliphatic heterocycles. The van der Waals surface area contributed by atoms with Crippen LogP contribution >= 0.6 is 22.9 Å². The van der Waals surface area contributed by atoms with E-state index in [1.54, 1.807) is 14.0 Å². The van der Waals surface area contributed by atoms with Crippen molar-refractivity contribution in [1.82, 2.24) is 10.2 Å². The highest BCUT2D eigenvalue weighted by atomic mass is 35.5. The summed E-state index contributed by atoms with van der Waals surface area (Å²) in [6.07, 6.45) is 0. The van der Waals surface area contributed by atoms with Gasteiger partial charge in [-0.15, -0.1) is 11.3 Å². The van der Waals surface area contributed by atoms with Crippen molar-refractivity contribution in [1.29, 1.82) is 0 Å². The topological polar surface area (TPSA) is 67.9 Å². The van der Waals surface area contributed by atoms with Crippen LogP contribution in [0.5, 0.6) is 0 Å². The minimum absolute atomic E-state index is 0.278. The number of nitrogens with one attached hydrogen (secondary N) is 1. The highest BCUT2D eigenvalue weighted by molar-refractivity contribution is 7.15. The van der Waals surface area contributed by atoms with E-state index in [0.29, 0.717) is 29.4 Å². The first kappa shape index (κ1) is 20.4. The van der Waals surface area contributed by atoms with Gasteiger partial charge in [0.2, 0.25) is 0 Å². The molecule has 0 bridgehead atoms. The number of allylic oxidation sites excluding steroid dienone is 1. The Kier molecular flexibility index (Phi) is 6.39. The minimum Gasteiger partial charge on any atom is -0.466 e. The van der Waals surface area contributed by atoms with Gasteiger partial charge in [-0.05, 0) is 25.1 Å². The molecule has 2 aromatic rings. The van der Waals surface area contributed by atoms with E-state index in [0.717, 1.165) is 15.3 Å². The van der Waals surface area contributed by atoms with Crippen molar-refractivity contribution >= 4 is 34.9 Å². The lowest BCUT2D eigenvalue weighted by atomic mass is 10.0. The normalized spacial score (nSPS) is 16.9. The molecule has 3 rings (SSSR count). The maximum atomic E-state index is 12.6. The van der Waals surface area contributed by atoms with Crippen LogP contribution in [-0.4, -0.2) is 44.3 Å². The molecule has 148 valence electrons. The van der Waals surface area contributed by atoms with Gasteiger partial charge in [0.25, 0.3) is 0 Å². The predicted molar refractivity (Wildman–Crippen MR) is 109 cm³/mol. The van der Waals surface area contributed by atoms with Gasteiger partial charge in [-0.25, -0.2) is 9.59 Å². The third-order valence-corrected chi connectivity index (χ3v) is 6.08. The Morgan fingerprint density at radius 3 is 2.68 bits per heavy atom. The van der Waals surface area contributed by atoms with E-state index in [1.807, 2.05) is 36.4 Å². The summed E-state index contributed by atoms with van der Waals surface area (Å²) in [5, 5.41) is 3.56. The fraction of sp³-hybridized carbons (Fsp3) is 0.300. The first-order chi connectivity index (χ1) is 13.5. The number of thiophene rings is 1. The fourth-order valence-electron chi connectivity index (χ4n) is 3.13. The molecule has 2 heterocycles. The van der Waals surface area contributed by atoms with Crippen molar-refractivity contribution in [2.24, 2.45) is 0 Å². The number of methoxy groups -OCH3 is 2. The third kappa shape index (κ3) is 3.92. The number of urea groups is 1. The lowest BCUT2D eigenvalue weighted by Gasteiger charge is -2.34. The summed E-state index contributed by atoms with van der Waals surface area (Å²) in [4.78, 5) is 28.4. The molecule has 0 fully saturated rings. The van der Waals surface area contributed by atoms with Crippen molar-refractivity contribution in [2.75, 3.05) is 27.4 Å². The van der Waals surface area contributed by atoms with Gasteiger partial charge in [-0.1, -0.05) is 29.8 Å². The zero-order valence-corrected chi connectivity index (χ0v) is 17.4. The molecule has 0 saturated carbocycles. The quantitative estimate of drug-likeness (QED) is 0.710. The van der Waals surface area contributed by atoms with E-state index in [4.69, 9.17) is 21.1 Å². The van der Waals surface area contributed by atoms with E-state index in [-0.39, 0.29) is 6.03 Å². The summed E-state index contributed by atoms with van der Waals surface area (Å²) in [6.45, 7) is 2.45. The number of ether oxygens (including phenoxy) is 2. The van der Waals surface area contributed by atoms with Crippen LogP contribution in [0.15, 0.2) is 47.7 Å². The van der Waals surface area contributed by atoms with Gasteiger partial charge in [0, 0.05) is 33.1 Å². The molecule has 1 aliphatic rings. The van der Waals surface area contributed by atoms with E-state index >= 15 is 0 Å². The molecule has 0 spiro atoms. The number of rotatable bonds is 6. The summed E-state index contributed by atoms with van der Waals surface area (Å²) in [6, 6.07) is 10.5. The summed E-state index contributed by atoms with van der Waals surface area (Å²) in [5.74, 6) is -0.474. The maximum absolute atomic E-state index is 12.6. The molecule has 0 radical (unpaired) electrons. The van der Waals surface area contributed by atoms with Crippen molar-refractivity contribution in [3.05, 3.63) is 57.6 Å². The van der Waals surface area contributed by atoms with Gasteiger partial charge in [-0.3, -0.25) is 4.90 Å². The van der Waals surface area contributed by atoms with Gasteiger partial charge in [0.1, 0.15) is 0 Å². The van der Waals surface area contributed by atoms with Crippen molar-refractivity contribution in [3.8, 4) is 10.4 Å². The molecular formula is C20H21ClN2O4S. The summed E-state index contributed by atoms with van der Waals surface area (Å²) in [7, 11) is 2.89. The molecular weight excluding hydrogens is 400 g/mol. The standard InChI is InChI=1S/C20H21ClN2O4S/c1-12-17(19(24)27-3)18(22-20(25)23(12)10-11-26-2)16-9-8-15(28-16)13-6-4-5-7-14(13)21/h4-9,18H,10-11H2,1-3H3,(H,22,25). The van der Waals surface area contributed by atoms with Crippen LogP contribution in [0.3, 0.4) is 0 Å². The van der Waals surface area contributed by atoms with Crippen molar-refractivity contribution in [2.45, 2.75) is 13.0 Å². The van der Waals surface area contributed by atoms with Crippen LogP contribution in [0.2, 0.25) is 5.02 Å². The first-order valence-corrected chi connectivity index (χ1v) is 9.88. The van der Waals surface area contributed by atoms with E-state index in [2.05, 4.69) is 5.32 Å². The van der Waals surface area contributed by atoms with Crippen LogP contribution in [0, 0.1) is 0 Å². The zero-order valence-electron chi connectivity index (χ0n) is 15.8. The number of hydrogen-bond acceptors (Lipinski definition) is 5. The smallest absolute Gasteiger partial charge is 0.338 e. The SMILES string of the molecule is COCCN1C(=O)NC(c2ccc(-c3ccccc3Cl)s2)C(C(=O)OC)=C1C. The average molecular weight is 421 g/mol. The van der Waals surface area contributed by atoms with E-state index in [1.165, 1.54) is 23.3 Å². The molecule has 0 saturated heterocycles. The molecule has 28 heavy (non-hydrogen) atoms. The number of carbonyl (C=O) groups is 2. The second kappa shape index (κ2) is 8.77. The number of amides is 2. The Morgan fingerprint density at radius 2 is 2.00 bits per heavy atom. The van der Waals surface area contributed by atoms with Crippen LogP contribution in [0.4, 0.5) is 4.79 Å². The molecule has 1 atom stereocenters. The predicted octanol–water partition coefficient (Wildman–Crippen LogP) is 4.23. The van der Waals surface area contributed by atoms with Crippen molar-refractivity contribution < 1.29 is 19.1 Å². The van der Waals surface area contributed by atoms with E-state index in [9.17, 15) is 9.59 Å². The highest BCUT2D eigenvalue weighted by Gasteiger charge is 2.36. The number of carbonyl (C=O) groups excluding carboxylic acids is 2. The Morgan fingerprint density at radius 1 is 1.25 bits per heavy atom. The average Bonchev–Trinajstić information content (AvgIpc) is 3.17. The molecule has 6 nitrogen and oxygen atoms in total. The monoisotopic (exact) mass is 420 g/mol. The van der Waals surface area contributed by atoms with Crippen LogP contribution in [0.25, 0.3) is 10.4 Å². The molecule has 1 aromatic heterocycles. The Bertz CT molecular complexity index is 924. The molecule has 1 aromatic carbocycles. The maximum Gasteiger partial charge on any atom is 0.338 e. The number of halogens is 1. The Balaban J connectivity index is 2.01. The Hall–Kier alpha value is -2.35. The van der Waals surface area contributed by atoms with Gasteiger partial charge >= 0.3 is 12.0 Å². The highest BCUT2D eigenvalue weighted by Crippen LogP contribution is 2.39. The molecule has 2 amide bonds. The van der Waals surface area contributed by atoms with Gasteiger partial charge in [0.05, 0.1) is 31.9 Å². The molecule has 0 aliphatic carbocycles. The second-order valence-corrected chi connectivity index (χ2v) is 7.72. The molecule has 1 N–H and O–H groups in total. The fourth-order valence-corrected chi connectivity index (χ4v) is 4.54. The number of esters is 1. The lowest BCUT2D eigenvalue weighted by Crippen LogP contribution is -2.48. The van der Waals surface area contributed by atoms with E-state index < -0.39 is 12.0 Å². The zero-order chi connectivity index (χ0) is 20.3. The summed E-state index contributed by atoms with van der Waals surface area (Å²) >= 11 is 7.78. The minimum atomic E-state index is -0.583. The molecule has 8 heteroatoms. The van der Waals surface area contributed by atoms with Gasteiger partial charge in [0.15, 0.2) is 0 Å². The number of nitrogens with zero attached hydrogens (tertiary/aromatic N) is 1. The lowest BCUT2D eigenvalue weighted by molar-refractivity contribution is -0.136. The second-order valence-electron chi connectivity index (χ2n) is 6.20. The molecule has 1 unspecified atom stereocenters. The van der Waals surface area contributed by atoms with Crippen LogP contribution < -0.4 is 5.32 Å². The van der Waals surface area contributed by atoms with Gasteiger partial charge < -0.3 is 14.8 Å². The Labute approximate surface area is 172 Å². The first-order valence-electron chi connectivity index (χ1n) is 8.68. The third-order valence-electron chi connectivity index (χ3n) is 4.57. The van der Waals surface area contributed by atoms with Crippen molar-refractivity contribution in [3.63, 3.8) is 0 Å². The number of hydrogen-bond donors (Lipinski definition) is 1. The van der Waals surface area contributed by atoms with Crippen LogP contribution in [-0.2, 0) is 14.3 Å². The largest absolute Gasteiger partial charge is 0.466 e.